The van der Waals surface area contributed by atoms with Gasteiger partial charge in [-0.3, -0.25) is 9.89 Å². The van der Waals surface area contributed by atoms with E-state index in [9.17, 15) is 4.39 Å². The minimum absolute atomic E-state index is 0.203. The van der Waals surface area contributed by atoms with E-state index >= 15 is 0 Å². The van der Waals surface area contributed by atoms with Gasteiger partial charge < -0.3 is 20.3 Å². The van der Waals surface area contributed by atoms with Crippen molar-refractivity contribution < 1.29 is 9.13 Å². The summed E-state index contributed by atoms with van der Waals surface area (Å²) < 4.78 is 18.6. The van der Waals surface area contributed by atoms with Crippen molar-refractivity contribution in [2.45, 2.75) is 13.3 Å². The molecule has 0 amide bonds. The predicted molar refractivity (Wildman–Crippen MR) is 106 cm³/mol. The molecule has 0 unspecified atom stereocenters. The zero-order valence-corrected chi connectivity index (χ0v) is 16.0. The Morgan fingerprint density at radius 1 is 1.31 bits per heavy atom. The van der Waals surface area contributed by atoms with Crippen LogP contribution >= 0.6 is 0 Å². The minimum atomic E-state index is -0.203. The molecule has 1 aromatic carbocycles. The summed E-state index contributed by atoms with van der Waals surface area (Å²) in [5.41, 5.74) is 0.893. The van der Waals surface area contributed by atoms with E-state index in [1.165, 1.54) is 6.07 Å². The van der Waals surface area contributed by atoms with Gasteiger partial charge in [0.2, 0.25) is 0 Å². The van der Waals surface area contributed by atoms with Crippen LogP contribution in [0.4, 0.5) is 10.1 Å². The number of aliphatic imine (C=N–C) groups is 1. The second-order valence-electron chi connectivity index (χ2n) is 6.40. The van der Waals surface area contributed by atoms with Crippen LogP contribution in [0.3, 0.4) is 0 Å². The second kappa shape index (κ2) is 11.7. The Labute approximate surface area is 156 Å². The Morgan fingerprint density at radius 2 is 2.12 bits per heavy atom. The van der Waals surface area contributed by atoms with Crippen LogP contribution in [-0.2, 0) is 4.74 Å². The first kappa shape index (κ1) is 20.5. The minimum Gasteiger partial charge on any atom is -0.379 e. The van der Waals surface area contributed by atoms with Gasteiger partial charge in [-0.05, 0) is 31.5 Å². The number of halogens is 1. The molecule has 7 heteroatoms. The van der Waals surface area contributed by atoms with Crippen LogP contribution in [0.5, 0.6) is 0 Å². The van der Waals surface area contributed by atoms with Crippen molar-refractivity contribution in [1.29, 1.82) is 0 Å². The highest BCUT2D eigenvalue weighted by Gasteiger charge is 2.09. The van der Waals surface area contributed by atoms with Crippen molar-refractivity contribution in [2.24, 2.45) is 4.99 Å². The highest BCUT2D eigenvalue weighted by molar-refractivity contribution is 5.79. The first-order chi connectivity index (χ1) is 12.7. The number of morpholine rings is 1. The SMILES string of the molecule is CCNC(=NCCCN(C)c1cccc(F)c1)NCCN1CCOCC1. The summed E-state index contributed by atoms with van der Waals surface area (Å²) in [6.07, 6.45) is 0.910. The van der Waals surface area contributed by atoms with Gasteiger partial charge in [0.15, 0.2) is 5.96 Å². The molecule has 1 heterocycles. The standard InChI is InChI=1S/C19H32FN5O/c1-3-21-19(23-9-11-25-12-14-26-15-13-25)22-8-5-10-24(2)18-7-4-6-17(20)16-18/h4,6-7,16H,3,5,8-15H2,1-2H3,(H2,21,22,23). The molecule has 0 spiro atoms. The Bertz CT molecular complexity index is 548. The van der Waals surface area contributed by atoms with Crippen LogP contribution in [0.1, 0.15) is 13.3 Å². The molecule has 6 nitrogen and oxygen atoms in total. The number of anilines is 1. The van der Waals surface area contributed by atoms with Crippen LogP contribution in [0.15, 0.2) is 29.3 Å². The smallest absolute Gasteiger partial charge is 0.191 e. The summed E-state index contributed by atoms with van der Waals surface area (Å²) in [6, 6.07) is 6.68. The van der Waals surface area contributed by atoms with Gasteiger partial charge >= 0.3 is 0 Å². The lowest BCUT2D eigenvalue weighted by atomic mass is 10.2. The van der Waals surface area contributed by atoms with E-state index in [4.69, 9.17) is 4.74 Å². The first-order valence-corrected chi connectivity index (χ1v) is 9.48. The van der Waals surface area contributed by atoms with E-state index in [-0.39, 0.29) is 5.82 Å². The van der Waals surface area contributed by atoms with Crippen molar-refractivity contribution in [2.75, 3.05) is 71.0 Å². The molecule has 1 saturated heterocycles. The molecule has 1 aliphatic heterocycles. The van der Waals surface area contributed by atoms with E-state index in [2.05, 4.69) is 32.3 Å². The molecular weight excluding hydrogens is 333 g/mol. The molecule has 1 aromatic rings. The average molecular weight is 365 g/mol. The van der Waals surface area contributed by atoms with Crippen molar-refractivity contribution >= 4 is 11.6 Å². The van der Waals surface area contributed by atoms with Gasteiger partial charge in [-0.1, -0.05) is 6.07 Å². The van der Waals surface area contributed by atoms with Crippen molar-refractivity contribution in [3.63, 3.8) is 0 Å². The fourth-order valence-electron chi connectivity index (χ4n) is 2.84. The number of hydrogen-bond acceptors (Lipinski definition) is 4. The molecule has 146 valence electrons. The Hall–Kier alpha value is -1.86. The fraction of sp³-hybridized carbons (Fsp3) is 0.632. The Kier molecular flexibility index (Phi) is 9.20. The van der Waals surface area contributed by atoms with Gasteiger partial charge in [0, 0.05) is 58.5 Å². The van der Waals surface area contributed by atoms with E-state index in [0.29, 0.717) is 0 Å². The molecule has 2 N–H and O–H groups in total. The van der Waals surface area contributed by atoms with Gasteiger partial charge in [0.1, 0.15) is 5.82 Å². The third-order valence-electron chi connectivity index (χ3n) is 4.34. The fourth-order valence-corrected chi connectivity index (χ4v) is 2.84. The highest BCUT2D eigenvalue weighted by atomic mass is 19.1. The van der Waals surface area contributed by atoms with Crippen LogP contribution in [-0.4, -0.2) is 76.9 Å². The predicted octanol–water partition coefficient (Wildman–Crippen LogP) is 1.54. The van der Waals surface area contributed by atoms with Crippen LogP contribution in [0, 0.1) is 5.82 Å². The zero-order chi connectivity index (χ0) is 18.6. The molecule has 0 aliphatic carbocycles. The number of guanidine groups is 1. The zero-order valence-electron chi connectivity index (χ0n) is 16.0. The summed E-state index contributed by atoms with van der Waals surface area (Å²) >= 11 is 0. The van der Waals surface area contributed by atoms with E-state index < -0.39 is 0 Å². The van der Waals surface area contributed by atoms with Crippen molar-refractivity contribution in [3.05, 3.63) is 30.1 Å². The van der Waals surface area contributed by atoms with E-state index in [0.717, 1.165) is 77.1 Å². The van der Waals surface area contributed by atoms with Crippen LogP contribution < -0.4 is 15.5 Å². The molecule has 1 fully saturated rings. The Morgan fingerprint density at radius 3 is 2.85 bits per heavy atom. The third kappa shape index (κ3) is 7.58. The van der Waals surface area contributed by atoms with Gasteiger partial charge in [-0.2, -0.15) is 0 Å². The monoisotopic (exact) mass is 365 g/mol. The van der Waals surface area contributed by atoms with E-state index in [1.54, 1.807) is 12.1 Å². The summed E-state index contributed by atoms with van der Waals surface area (Å²) in [6.45, 7) is 9.99. The molecule has 0 aromatic heterocycles. The van der Waals surface area contributed by atoms with Crippen LogP contribution in [0.2, 0.25) is 0 Å². The largest absolute Gasteiger partial charge is 0.379 e. The lowest BCUT2D eigenvalue weighted by molar-refractivity contribution is 0.0389. The third-order valence-corrected chi connectivity index (χ3v) is 4.34. The van der Waals surface area contributed by atoms with Gasteiger partial charge in [0.05, 0.1) is 13.2 Å². The highest BCUT2D eigenvalue weighted by Crippen LogP contribution is 2.13. The summed E-state index contributed by atoms with van der Waals surface area (Å²) in [4.78, 5) is 9.08. The summed E-state index contributed by atoms with van der Waals surface area (Å²) in [7, 11) is 1.98. The molecule has 2 rings (SSSR count). The lowest BCUT2D eigenvalue weighted by Gasteiger charge is -2.26. The second-order valence-corrected chi connectivity index (χ2v) is 6.40. The molecular formula is C19H32FN5O. The molecule has 26 heavy (non-hydrogen) atoms. The number of nitrogens with zero attached hydrogens (tertiary/aromatic N) is 3. The average Bonchev–Trinajstić information content (AvgIpc) is 2.66. The van der Waals surface area contributed by atoms with Gasteiger partial charge in [-0.15, -0.1) is 0 Å². The number of nitrogens with one attached hydrogen (secondary N) is 2. The maximum Gasteiger partial charge on any atom is 0.191 e. The lowest BCUT2D eigenvalue weighted by Crippen LogP contribution is -2.44. The maximum atomic E-state index is 13.3. The Balaban J connectivity index is 1.68. The quantitative estimate of drug-likeness (QED) is 0.395. The summed E-state index contributed by atoms with van der Waals surface area (Å²) in [5, 5.41) is 6.67. The van der Waals surface area contributed by atoms with Crippen molar-refractivity contribution in [3.8, 4) is 0 Å². The van der Waals surface area contributed by atoms with Crippen LogP contribution in [0.25, 0.3) is 0 Å². The molecule has 1 aliphatic rings. The first-order valence-electron chi connectivity index (χ1n) is 9.48. The molecule has 0 bridgehead atoms. The maximum absolute atomic E-state index is 13.3. The van der Waals surface area contributed by atoms with Gasteiger partial charge in [-0.25, -0.2) is 4.39 Å². The van der Waals surface area contributed by atoms with Crippen molar-refractivity contribution in [1.82, 2.24) is 15.5 Å². The number of rotatable bonds is 9. The topological polar surface area (TPSA) is 52.1 Å². The molecule has 0 saturated carbocycles. The number of benzene rings is 1. The van der Waals surface area contributed by atoms with E-state index in [1.807, 2.05) is 13.1 Å². The van der Waals surface area contributed by atoms with Gasteiger partial charge in [0.25, 0.3) is 0 Å². The summed E-state index contributed by atoms with van der Waals surface area (Å²) in [5.74, 6) is 0.653. The molecule has 0 atom stereocenters. The molecule has 0 radical (unpaired) electrons. The normalized spacial score (nSPS) is 15.7. The number of ether oxygens (including phenoxy) is 1. The number of hydrogen-bond donors (Lipinski definition) is 2.